The van der Waals surface area contributed by atoms with Crippen LogP contribution in [0, 0.1) is 6.92 Å². The minimum absolute atomic E-state index is 0.0297. The standard InChI is InChI=1S/C12H10ClNO5/c1-5-3-7(18-2)11(15)10(13)9(5)6-4-8(12(16)17)19-14-6/h3-4,15H,1-2H3,(H,16,17). The SMILES string of the molecule is COc1cc(C)c(-c2cc(C(=O)O)on2)c(Cl)c1O. The van der Waals surface area contributed by atoms with Crippen molar-refractivity contribution in [3.8, 4) is 22.8 Å². The molecule has 0 bridgehead atoms. The molecule has 0 fully saturated rings. The number of hydrogen-bond acceptors (Lipinski definition) is 5. The second-order valence-corrected chi connectivity index (χ2v) is 4.19. The Kier molecular flexibility index (Phi) is 3.35. The van der Waals surface area contributed by atoms with Gasteiger partial charge in [0.2, 0.25) is 5.76 Å². The molecule has 0 spiro atoms. The summed E-state index contributed by atoms with van der Waals surface area (Å²) in [5.41, 5.74) is 1.30. The number of carboxylic acid groups (broad SMARTS) is 1. The first-order chi connectivity index (χ1) is 8.95. The predicted octanol–water partition coefficient (Wildman–Crippen LogP) is 2.72. The van der Waals surface area contributed by atoms with Crippen molar-refractivity contribution in [3.63, 3.8) is 0 Å². The second-order valence-electron chi connectivity index (χ2n) is 3.81. The van der Waals surface area contributed by atoms with E-state index in [4.69, 9.17) is 21.4 Å². The van der Waals surface area contributed by atoms with Gasteiger partial charge in [-0.2, -0.15) is 0 Å². The van der Waals surface area contributed by atoms with Crippen LogP contribution in [0.3, 0.4) is 0 Å². The molecule has 0 aliphatic heterocycles. The second kappa shape index (κ2) is 4.81. The lowest BCUT2D eigenvalue weighted by atomic mass is 10.0. The van der Waals surface area contributed by atoms with Crippen molar-refractivity contribution in [1.82, 2.24) is 5.16 Å². The number of ether oxygens (including phenoxy) is 1. The third-order valence-corrected chi connectivity index (χ3v) is 2.97. The molecule has 2 rings (SSSR count). The molecular formula is C12H10ClNO5. The number of rotatable bonds is 3. The number of aromatic carboxylic acids is 1. The number of carbonyl (C=O) groups is 1. The Labute approximate surface area is 113 Å². The lowest BCUT2D eigenvalue weighted by Crippen LogP contribution is -1.92. The summed E-state index contributed by atoms with van der Waals surface area (Å²) in [6.07, 6.45) is 0. The molecule has 6 nitrogen and oxygen atoms in total. The minimum Gasteiger partial charge on any atom is -0.503 e. The summed E-state index contributed by atoms with van der Waals surface area (Å²) in [5, 5.41) is 22.3. The van der Waals surface area contributed by atoms with Gasteiger partial charge < -0.3 is 19.5 Å². The normalized spacial score (nSPS) is 10.5. The van der Waals surface area contributed by atoms with Crippen LogP contribution in [0.1, 0.15) is 16.1 Å². The molecule has 2 aromatic rings. The molecule has 0 unspecified atom stereocenters. The highest BCUT2D eigenvalue weighted by Gasteiger charge is 2.20. The number of hydrogen-bond donors (Lipinski definition) is 2. The first kappa shape index (κ1) is 13.2. The molecule has 2 N–H and O–H groups in total. The van der Waals surface area contributed by atoms with E-state index in [9.17, 15) is 9.90 Å². The van der Waals surface area contributed by atoms with Gasteiger partial charge in [-0.1, -0.05) is 16.8 Å². The van der Waals surface area contributed by atoms with Crippen LogP contribution < -0.4 is 4.74 Å². The average Bonchev–Trinajstić information content (AvgIpc) is 2.83. The number of carboxylic acids is 1. The Hall–Kier alpha value is -2.21. The van der Waals surface area contributed by atoms with Gasteiger partial charge in [0, 0.05) is 11.6 Å². The van der Waals surface area contributed by atoms with Crippen molar-refractivity contribution < 1.29 is 24.3 Å². The highest BCUT2D eigenvalue weighted by molar-refractivity contribution is 6.35. The summed E-state index contributed by atoms with van der Waals surface area (Å²) >= 11 is 6.05. The van der Waals surface area contributed by atoms with Crippen LogP contribution in [0.4, 0.5) is 0 Å². The van der Waals surface area contributed by atoms with Crippen molar-refractivity contribution in [1.29, 1.82) is 0 Å². The smallest absolute Gasteiger partial charge is 0.374 e. The number of halogens is 1. The molecule has 0 saturated heterocycles. The Morgan fingerprint density at radius 1 is 1.47 bits per heavy atom. The third-order valence-electron chi connectivity index (χ3n) is 2.60. The number of aryl methyl sites for hydroxylation is 1. The van der Waals surface area contributed by atoms with Gasteiger partial charge in [-0.05, 0) is 18.6 Å². The molecule has 0 aliphatic rings. The fourth-order valence-electron chi connectivity index (χ4n) is 1.70. The van der Waals surface area contributed by atoms with Gasteiger partial charge in [-0.25, -0.2) is 4.79 Å². The van der Waals surface area contributed by atoms with Gasteiger partial charge in [-0.3, -0.25) is 0 Å². The number of phenolic OH excluding ortho intramolecular Hbond substituents is 1. The van der Waals surface area contributed by atoms with Crippen molar-refractivity contribution in [2.75, 3.05) is 7.11 Å². The molecule has 100 valence electrons. The molecule has 1 aromatic heterocycles. The van der Waals surface area contributed by atoms with Gasteiger partial charge in [-0.15, -0.1) is 0 Å². The van der Waals surface area contributed by atoms with E-state index in [1.807, 2.05) is 0 Å². The maximum absolute atomic E-state index is 10.7. The molecule has 0 atom stereocenters. The van der Waals surface area contributed by atoms with Gasteiger partial charge >= 0.3 is 5.97 Å². The van der Waals surface area contributed by atoms with Gasteiger partial charge in [0.15, 0.2) is 11.5 Å². The Bertz CT molecular complexity index is 650. The van der Waals surface area contributed by atoms with Crippen LogP contribution in [0.15, 0.2) is 16.7 Å². The quantitative estimate of drug-likeness (QED) is 0.899. The molecule has 7 heteroatoms. The fourth-order valence-corrected chi connectivity index (χ4v) is 2.04. The van der Waals surface area contributed by atoms with Crippen LogP contribution in [0.5, 0.6) is 11.5 Å². The van der Waals surface area contributed by atoms with Gasteiger partial charge in [0.25, 0.3) is 0 Å². The number of phenols is 1. The van der Waals surface area contributed by atoms with Gasteiger partial charge in [0.1, 0.15) is 5.69 Å². The van der Waals surface area contributed by atoms with E-state index >= 15 is 0 Å². The van der Waals surface area contributed by atoms with E-state index in [-0.39, 0.29) is 28.0 Å². The monoisotopic (exact) mass is 283 g/mol. The van der Waals surface area contributed by atoms with Crippen molar-refractivity contribution in [2.45, 2.75) is 6.92 Å². The largest absolute Gasteiger partial charge is 0.503 e. The number of aromatic hydroxyl groups is 1. The zero-order valence-electron chi connectivity index (χ0n) is 10.1. The minimum atomic E-state index is -1.23. The van der Waals surface area contributed by atoms with Crippen LogP contribution in [0.25, 0.3) is 11.3 Å². The summed E-state index contributed by atoms with van der Waals surface area (Å²) in [6.45, 7) is 1.73. The van der Waals surface area contributed by atoms with E-state index in [1.165, 1.54) is 13.2 Å². The topological polar surface area (TPSA) is 92.8 Å². The summed E-state index contributed by atoms with van der Waals surface area (Å²) in [4.78, 5) is 10.7. The molecule has 19 heavy (non-hydrogen) atoms. The lowest BCUT2D eigenvalue weighted by Gasteiger charge is -2.11. The molecular weight excluding hydrogens is 274 g/mol. The Morgan fingerprint density at radius 2 is 2.16 bits per heavy atom. The Morgan fingerprint density at radius 3 is 2.68 bits per heavy atom. The van der Waals surface area contributed by atoms with Crippen LogP contribution in [-0.4, -0.2) is 28.4 Å². The molecule has 1 aromatic carbocycles. The van der Waals surface area contributed by atoms with Crippen LogP contribution in [0.2, 0.25) is 5.02 Å². The summed E-state index contributed by atoms with van der Waals surface area (Å²) < 4.78 is 9.63. The lowest BCUT2D eigenvalue weighted by molar-refractivity contribution is 0.0652. The van der Waals surface area contributed by atoms with E-state index in [0.29, 0.717) is 11.1 Å². The Balaban J connectivity index is 2.61. The summed E-state index contributed by atoms with van der Waals surface area (Å²) in [5.74, 6) is -1.54. The van der Waals surface area contributed by atoms with E-state index in [2.05, 4.69) is 9.68 Å². The summed E-state index contributed by atoms with van der Waals surface area (Å²) in [7, 11) is 1.41. The highest BCUT2D eigenvalue weighted by Crippen LogP contribution is 2.43. The maximum atomic E-state index is 10.7. The maximum Gasteiger partial charge on any atom is 0.374 e. The molecule has 0 aliphatic carbocycles. The first-order valence-corrected chi connectivity index (χ1v) is 5.60. The zero-order valence-corrected chi connectivity index (χ0v) is 10.9. The van der Waals surface area contributed by atoms with Crippen LogP contribution in [-0.2, 0) is 0 Å². The molecule has 1 heterocycles. The highest BCUT2D eigenvalue weighted by atomic mass is 35.5. The van der Waals surface area contributed by atoms with E-state index < -0.39 is 5.97 Å². The molecule has 0 radical (unpaired) electrons. The van der Waals surface area contributed by atoms with Crippen LogP contribution >= 0.6 is 11.6 Å². The first-order valence-electron chi connectivity index (χ1n) is 5.22. The predicted molar refractivity (Wildman–Crippen MR) is 66.9 cm³/mol. The zero-order chi connectivity index (χ0) is 14.2. The number of benzene rings is 1. The number of nitrogens with zero attached hydrogens (tertiary/aromatic N) is 1. The molecule has 0 amide bonds. The number of methoxy groups -OCH3 is 1. The number of aromatic nitrogens is 1. The van der Waals surface area contributed by atoms with E-state index in [1.54, 1.807) is 13.0 Å². The third kappa shape index (κ3) is 2.22. The fraction of sp³-hybridized carbons (Fsp3) is 0.167. The molecule has 0 saturated carbocycles. The van der Waals surface area contributed by atoms with Gasteiger partial charge in [0.05, 0.1) is 12.1 Å². The van der Waals surface area contributed by atoms with Crippen molar-refractivity contribution >= 4 is 17.6 Å². The van der Waals surface area contributed by atoms with Crippen molar-refractivity contribution in [3.05, 3.63) is 28.5 Å². The van der Waals surface area contributed by atoms with Crippen molar-refractivity contribution in [2.24, 2.45) is 0 Å². The summed E-state index contributed by atoms with van der Waals surface area (Å²) in [6, 6.07) is 2.81. The average molecular weight is 284 g/mol. The van der Waals surface area contributed by atoms with E-state index in [0.717, 1.165) is 0 Å².